The van der Waals surface area contributed by atoms with E-state index in [-0.39, 0.29) is 17.5 Å². The quantitative estimate of drug-likeness (QED) is 0.795. The van der Waals surface area contributed by atoms with Crippen molar-refractivity contribution in [3.63, 3.8) is 0 Å². The second kappa shape index (κ2) is 4.91. The van der Waals surface area contributed by atoms with E-state index in [9.17, 15) is 9.59 Å². The van der Waals surface area contributed by atoms with Gasteiger partial charge in [0, 0.05) is 33.9 Å². The van der Waals surface area contributed by atoms with Gasteiger partial charge in [-0.05, 0) is 12.8 Å². The van der Waals surface area contributed by atoms with Crippen LogP contribution in [0.3, 0.4) is 0 Å². The molecule has 2 heterocycles. The fourth-order valence-electron chi connectivity index (χ4n) is 2.37. The molecule has 1 aliphatic rings. The third-order valence-electron chi connectivity index (χ3n) is 3.30. The van der Waals surface area contributed by atoms with E-state index in [4.69, 9.17) is 5.73 Å². The number of carbonyl (C=O) groups is 2. The summed E-state index contributed by atoms with van der Waals surface area (Å²) in [7, 11) is 5.09. The fraction of sp³-hybridized carbons (Fsp3) is 0.583. The second-order valence-electron chi connectivity index (χ2n) is 5.00. The molecule has 0 aromatic carbocycles. The zero-order chi connectivity index (χ0) is 14.2. The minimum absolute atomic E-state index is 0.0552. The van der Waals surface area contributed by atoms with Crippen LogP contribution in [0, 0.1) is 0 Å². The van der Waals surface area contributed by atoms with Crippen molar-refractivity contribution in [3.05, 3.63) is 11.9 Å². The molecule has 1 aliphatic heterocycles. The lowest BCUT2D eigenvalue weighted by Crippen LogP contribution is -2.45. The number of aromatic nitrogens is 2. The number of nitrogens with zero attached hydrogens (tertiary/aromatic N) is 4. The Bertz CT molecular complexity index is 508. The van der Waals surface area contributed by atoms with E-state index in [0.29, 0.717) is 18.7 Å². The average molecular weight is 265 g/mol. The Morgan fingerprint density at radius 1 is 1.47 bits per heavy atom. The Labute approximate surface area is 111 Å². The van der Waals surface area contributed by atoms with Crippen LogP contribution in [0.15, 0.2) is 6.20 Å². The third-order valence-corrected chi connectivity index (χ3v) is 3.30. The molecule has 0 radical (unpaired) electrons. The lowest BCUT2D eigenvalue weighted by molar-refractivity contribution is -0.132. The predicted octanol–water partition coefficient (Wildman–Crippen LogP) is -0.305. The van der Waals surface area contributed by atoms with Gasteiger partial charge in [0.2, 0.25) is 5.91 Å². The van der Waals surface area contributed by atoms with Gasteiger partial charge in [-0.1, -0.05) is 0 Å². The topological polar surface area (TPSA) is 84.5 Å². The van der Waals surface area contributed by atoms with Gasteiger partial charge in [0.15, 0.2) is 5.69 Å². The number of hydrogen-bond donors (Lipinski definition) is 1. The molecule has 1 unspecified atom stereocenters. The number of amides is 2. The Kier molecular flexibility index (Phi) is 3.46. The molecule has 7 heteroatoms. The average Bonchev–Trinajstić information content (AvgIpc) is 2.93. The highest BCUT2D eigenvalue weighted by atomic mass is 16.2. The Morgan fingerprint density at radius 3 is 2.68 bits per heavy atom. The van der Waals surface area contributed by atoms with Gasteiger partial charge in [0.05, 0.1) is 5.69 Å². The lowest BCUT2D eigenvalue weighted by Gasteiger charge is -2.25. The van der Waals surface area contributed by atoms with E-state index < -0.39 is 6.04 Å². The van der Waals surface area contributed by atoms with E-state index in [1.54, 1.807) is 32.2 Å². The molecule has 1 fully saturated rings. The van der Waals surface area contributed by atoms with Crippen molar-refractivity contribution in [3.8, 4) is 0 Å². The molecule has 1 aromatic rings. The van der Waals surface area contributed by atoms with Gasteiger partial charge in [-0.15, -0.1) is 0 Å². The summed E-state index contributed by atoms with van der Waals surface area (Å²) in [6.07, 6.45) is 3.10. The first-order chi connectivity index (χ1) is 8.91. The largest absolute Gasteiger partial charge is 0.396 e. The Balaban J connectivity index is 2.23. The Hall–Kier alpha value is -2.05. The van der Waals surface area contributed by atoms with Crippen LogP contribution >= 0.6 is 0 Å². The monoisotopic (exact) mass is 265 g/mol. The van der Waals surface area contributed by atoms with Crippen LogP contribution in [0.1, 0.15) is 23.3 Å². The first-order valence-corrected chi connectivity index (χ1v) is 6.23. The number of hydrogen-bond acceptors (Lipinski definition) is 4. The number of anilines is 1. The number of rotatable bonds is 2. The maximum atomic E-state index is 12.4. The van der Waals surface area contributed by atoms with Gasteiger partial charge < -0.3 is 15.5 Å². The first kappa shape index (κ1) is 13.4. The second-order valence-corrected chi connectivity index (χ2v) is 5.00. The van der Waals surface area contributed by atoms with Crippen LogP contribution < -0.4 is 5.73 Å². The van der Waals surface area contributed by atoms with Crippen LogP contribution in [0.2, 0.25) is 0 Å². The van der Waals surface area contributed by atoms with Crippen LogP contribution in [0.4, 0.5) is 5.69 Å². The minimum atomic E-state index is -0.399. The van der Waals surface area contributed by atoms with Crippen LogP contribution in [-0.2, 0) is 11.8 Å². The van der Waals surface area contributed by atoms with Crippen LogP contribution in [0.5, 0.6) is 0 Å². The zero-order valence-corrected chi connectivity index (χ0v) is 11.5. The molecule has 2 N–H and O–H groups in total. The van der Waals surface area contributed by atoms with E-state index in [2.05, 4.69) is 5.10 Å². The van der Waals surface area contributed by atoms with Gasteiger partial charge in [0.1, 0.15) is 6.04 Å². The molecule has 0 bridgehead atoms. The van der Waals surface area contributed by atoms with Gasteiger partial charge in [-0.2, -0.15) is 5.10 Å². The summed E-state index contributed by atoms with van der Waals surface area (Å²) in [5, 5.41) is 4.07. The van der Waals surface area contributed by atoms with Gasteiger partial charge in [-0.25, -0.2) is 0 Å². The predicted molar refractivity (Wildman–Crippen MR) is 70.4 cm³/mol. The number of likely N-dealkylation sites (N-methyl/N-ethyl adjacent to an activating group) is 1. The Morgan fingerprint density at radius 2 is 2.16 bits per heavy atom. The molecular formula is C12H19N5O2. The maximum Gasteiger partial charge on any atom is 0.277 e. The van der Waals surface area contributed by atoms with E-state index in [1.165, 1.54) is 9.58 Å². The minimum Gasteiger partial charge on any atom is -0.396 e. The van der Waals surface area contributed by atoms with Crippen LogP contribution in [0.25, 0.3) is 0 Å². The summed E-state index contributed by atoms with van der Waals surface area (Å²) in [4.78, 5) is 27.6. The van der Waals surface area contributed by atoms with Crippen molar-refractivity contribution in [2.45, 2.75) is 18.9 Å². The molecule has 2 amide bonds. The number of carbonyl (C=O) groups excluding carboxylic acids is 2. The molecule has 19 heavy (non-hydrogen) atoms. The smallest absolute Gasteiger partial charge is 0.277 e. The van der Waals surface area contributed by atoms with E-state index in [0.717, 1.165) is 6.42 Å². The standard InChI is InChI=1S/C12H19N5O2/c1-15(2)11(18)9-5-4-6-17(9)12(19)10-8(13)7-16(3)14-10/h7,9H,4-6,13H2,1-3H3. The number of likely N-dealkylation sites (tertiary alicyclic amines) is 1. The highest BCUT2D eigenvalue weighted by Gasteiger charge is 2.36. The molecule has 0 aliphatic carbocycles. The first-order valence-electron chi connectivity index (χ1n) is 6.23. The molecular weight excluding hydrogens is 246 g/mol. The summed E-state index contributed by atoms with van der Waals surface area (Å²) in [5.74, 6) is -0.323. The van der Waals surface area contributed by atoms with Crippen molar-refractivity contribution < 1.29 is 9.59 Å². The zero-order valence-electron chi connectivity index (χ0n) is 11.5. The SMILES string of the molecule is CN(C)C(=O)C1CCCN1C(=O)c1nn(C)cc1N. The molecule has 7 nitrogen and oxygen atoms in total. The maximum absolute atomic E-state index is 12.4. The summed E-state index contributed by atoms with van der Waals surface area (Å²) in [6.45, 7) is 0.569. The molecule has 2 rings (SSSR count). The van der Waals surface area contributed by atoms with Crippen LogP contribution in [-0.4, -0.2) is 58.1 Å². The fourth-order valence-corrected chi connectivity index (χ4v) is 2.37. The van der Waals surface area contributed by atoms with Crippen molar-refractivity contribution in [2.75, 3.05) is 26.4 Å². The van der Waals surface area contributed by atoms with Gasteiger partial charge in [-0.3, -0.25) is 14.3 Å². The molecule has 0 spiro atoms. The van der Waals surface area contributed by atoms with Crippen molar-refractivity contribution in [1.29, 1.82) is 0 Å². The normalized spacial score (nSPS) is 18.7. The molecule has 1 saturated heterocycles. The third kappa shape index (κ3) is 2.40. The number of aryl methyl sites for hydroxylation is 1. The van der Waals surface area contributed by atoms with E-state index in [1.807, 2.05) is 0 Å². The summed E-state index contributed by atoms with van der Waals surface area (Å²) < 4.78 is 1.50. The summed E-state index contributed by atoms with van der Waals surface area (Å²) in [6, 6.07) is -0.399. The highest BCUT2D eigenvalue weighted by Crippen LogP contribution is 2.22. The van der Waals surface area contributed by atoms with Gasteiger partial charge >= 0.3 is 0 Å². The van der Waals surface area contributed by atoms with Crippen molar-refractivity contribution in [2.24, 2.45) is 7.05 Å². The van der Waals surface area contributed by atoms with Crippen molar-refractivity contribution in [1.82, 2.24) is 19.6 Å². The summed E-state index contributed by atoms with van der Waals surface area (Å²) >= 11 is 0. The molecule has 1 atom stereocenters. The lowest BCUT2D eigenvalue weighted by atomic mass is 10.2. The van der Waals surface area contributed by atoms with Crippen molar-refractivity contribution >= 4 is 17.5 Å². The summed E-state index contributed by atoms with van der Waals surface area (Å²) in [5.41, 5.74) is 6.33. The van der Waals surface area contributed by atoms with Gasteiger partial charge in [0.25, 0.3) is 5.91 Å². The molecule has 0 saturated carbocycles. The highest BCUT2D eigenvalue weighted by molar-refractivity contribution is 6.00. The number of nitrogens with two attached hydrogens (primary N) is 1. The molecule has 1 aromatic heterocycles. The van der Waals surface area contributed by atoms with E-state index >= 15 is 0 Å². The number of nitrogen functional groups attached to an aromatic ring is 1. The molecule has 104 valence electrons.